The summed E-state index contributed by atoms with van der Waals surface area (Å²) >= 11 is 0. The van der Waals surface area contributed by atoms with Crippen LogP contribution >= 0.6 is 0 Å². The van der Waals surface area contributed by atoms with Crippen LogP contribution in [0, 0.1) is 5.82 Å². The lowest BCUT2D eigenvalue weighted by Gasteiger charge is -2.18. The first-order valence-electron chi connectivity index (χ1n) is 8.59. The largest absolute Gasteiger partial charge is 0.361 e. The molecule has 2 aromatic heterocycles. The fraction of sp³-hybridized carbons (Fsp3) is 0.316. The molecule has 7 heteroatoms. The maximum atomic E-state index is 13.4. The van der Waals surface area contributed by atoms with E-state index in [0.717, 1.165) is 23.4 Å². The molecule has 0 unspecified atom stereocenters. The smallest absolute Gasteiger partial charge is 0.253 e. The van der Waals surface area contributed by atoms with Crippen molar-refractivity contribution in [1.82, 2.24) is 19.5 Å². The number of benzene rings is 1. The third kappa shape index (κ3) is 2.89. The van der Waals surface area contributed by atoms with Crippen LogP contribution in [0.25, 0.3) is 5.52 Å². The number of rotatable bonds is 3. The standard InChI is InChI=1S/C19H20FN5O/c1-23(2)18-17-6-8-21-25(17)12-16(22-18)14-7-9-24(11-14)19(26)13-4-3-5-15(20)10-13/h3-6,8,10,12,14H,7,9,11H2,1-2H3/t14-/m0/s1. The predicted molar refractivity (Wildman–Crippen MR) is 97.0 cm³/mol. The average Bonchev–Trinajstić information content (AvgIpc) is 3.29. The highest BCUT2D eigenvalue weighted by Gasteiger charge is 2.30. The van der Waals surface area contributed by atoms with E-state index >= 15 is 0 Å². The van der Waals surface area contributed by atoms with Crippen molar-refractivity contribution in [2.45, 2.75) is 12.3 Å². The third-order valence-corrected chi connectivity index (χ3v) is 4.78. The van der Waals surface area contributed by atoms with Gasteiger partial charge in [-0.05, 0) is 30.7 Å². The number of hydrogen-bond acceptors (Lipinski definition) is 4. The van der Waals surface area contributed by atoms with Gasteiger partial charge in [-0.3, -0.25) is 4.79 Å². The minimum atomic E-state index is -0.395. The van der Waals surface area contributed by atoms with Crippen LogP contribution in [0.3, 0.4) is 0 Å². The molecule has 0 aliphatic carbocycles. The second kappa shape index (κ2) is 6.40. The van der Waals surface area contributed by atoms with Crippen LogP contribution in [-0.2, 0) is 0 Å². The SMILES string of the molecule is CN(C)c1nc([C@H]2CCN(C(=O)c3cccc(F)c3)C2)cn2nccc12. The Morgan fingerprint density at radius 3 is 2.92 bits per heavy atom. The number of likely N-dealkylation sites (tertiary alicyclic amines) is 1. The van der Waals surface area contributed by atoms with Gasteiger partial charge in [-0.15, -0.1) is 0 Å². The number of fused-ring (bicyclic) bond motifs is 1. The summed E-state index contributed by atoms with van der Waals surface area (Å²) in [6.07, 6.45) is 4.51. The Labute approximate surface area is 150 Å². The molecule has 1 aliphatic rings. The molecule has 3 aromatic rings. The topological polar surface area (TPSA) is 53.7 Å². The molecule has 134 valence electrons. The zero-order chi connectivity index (χ0) is 18.3. The zero-order valence-electron chi connectivity index (χ0n) is 14.8. The summed E-state index contributed by atoms with van der Waals surface area (Å²) in [6.45, 7) is 1.21. The molecular weight excluding hydrogens is 333 g/mol. The van der Waals surface area contributed by atoms with E-state index in [2.05, 4.69) is 5.10 Å². The summed E-state index contributed by atoms with van der Waals surface area (Å²) in [7, 11) is 3.90. The van der Waals surface area contributed by atoms with E-state index in [1.807, 2.05) is 35.8 Å². The fourth-order valence-electron chi connectivity index (χ4n) is 3.44. The number of anilines is 1. The second-order valence-corrected chi connectivity index (χ2v) is 6.79. The van der Waals surface area contributed by atoms with Crippen LogP contribution in [0.2, 0.25) is 0 Å². The molecule has 26 heavy (non-hydrogen) atoms. The highest BCUT2D eigenvalue weighted by Crippen LogP contribution is 2.29. The van der Waals surface area contributed by atoms with Gasteiger partial charge in [-0.2, -0.15) is 5.10 Å². The Morgan fingerprint density at radius 2 is 2.15 bits per heavy atom. The van der Waals surface area contributed by atoms with E-state index < -0.39 is 5.82 Å². The minimum absolute atomic E-state index is 0.139. The summed E-state index contributed by atoms with van der Waals surface area (Å²) in [5.74, 6) is 0.461. The van der Waals surface area contributed by atoms with Gasteiger partial charge >= 0.3 is 0 Å². The number of amides is 1. The first-order chi connectivity index (χ1) is 12.5. The van der Waals surface area contributed by atoms with E-state index in [1.165, 1.54) is 12.1 Å². The number of carbonyl (C=O) groups excluding carboxylic acids is 1. The van der Waals surface area contributed by atoms with Crippen LogP contribution in [0.4, 0.5) is 10.2 Å². The minimum Gasteiger partial charge on any atom is -0.361 e. The van der Waals surface area contributed by atoms with Gasteiger partial charge in [0, 0.05) is 38.7 Å². The molecule has 1 fully saturated rings. The predicted octanol–water partition coefficient (Wildman–Crippen LogP) is 2.56. The van der Waals surface area contributed by atoms with Crippen molar-refractivity contribution < 1.29 is 9.18 Å². The lowest BCUT2D eigenvalue weighted by Crippen LogP contribution is -2.28. The van der Waals surface area contributed by atoms with E-state index in [9.17, 15) is 9.18 Å². The van der Waals surface area contributed by atoms with Crippen LogP contribution in [0.5, 0.6) is 0 Å². The first-order valence-corrected chi connectivity index (χ1v) is 8.59. The molecule has 1 aliphatic heterocycles. The number of nitrogens with zero attached hydrogens (tertiary/aromatic N) is 5. The maximum Gasteiger partial charge on any atom is 0.253 e. The first kappa shape index (κ1) is 16.5. The zero-order valence-corrected chi connectivity index (χ0v) is 14.8. The van der Waals surface area contributed by atoms with Gasteiger partial charge < -0.3 is 9.80 Å². The summed E-state index contributed by atoms with van der Waals surface area (Å²) in [5.41, 5.74) is 2.25. The number of carbonyl (C=O) groups is 1. The summed E-state index contributed by atoms with van der Waals surface area (Å²) in [6, 6.07) is 7.77. The van der Waals surface area contributed by atoms with Gasteiger partial charge in [-0.25, -0.2) is 13.9 Å². The van der Waals surface area contributed by atoms with Gasteiger partial charge in [0.2, 0.25) is 0 Å². The molecule has 0 radical (unpaired) electrons. The van der Waals surface area contributed by atoms with Crippen molar-refractivity contribution in [1.29, 1.82) is 0 Å². The van der Waals surface area contributed by atoms with Gasteiger partial charge in [-0.1, -0.05) is 6.07 Å². The van der Waals surface area contributed by atoms with Gasteiger partial charge in [0.15, 0.2) is 5.82 Å². The highest BCUT2D eigenvalue weighted by atomic mass is 19.1. The van der Waals surface area contributed by atoms with E-state index in [4.69, 9.17) is 4.98 Å². The fourth-order valence-corrected chi connectivity index (χ4v) is 3.44. The average molecular weight is 353 g/mol. The Hall–Kier alpha value is -2.96. The number of aromatic nitrogens is 3. The van der Waals surface area contributed by atoms with E-state index in [0.29, 0.717) is 18.7 Å². The Kier molecular flexibility index (Phi) is 4.06. The molecule has 0 N–H and O–H groups in total. The molecule has 3 heterocycles. The lowest BCUT2D eigenvalue weighted by atomic mass is 10.1. The van der Waals surface area contributed by atoms with Crippen molar-refractivity contribution in [3.05, 3.63) is 59.8 Å². The van der Waals surface area contributed by atoms with Crippen LogP contribution in [0.1, 0.15) is 28.4 Å². The highest BCUT2D eigenvalue weighted by molar-refractivity contribution is 5.94. The molecule has 1 atom stereocenters. The van der Waals surface area contributed by atoms with Crippen molar-refractivity contribution >= 4 is 17.2 Å². The van der Waals surface area contributed by atoms with Crippen LogP contribution in [0.15, 0.2) is 42.7 Å². The van der Waals surface area contributed by atoms with E-state index in [-0.39, 0.29) is 11.8 Å². The van der Waals surface area contributed by atoms with Gasteiger partial charge in [0.25, 0.3) is 5.91 Å². The Morgan fingerprint density at radius 1 is 1.31 bits per heavy atom. The molecule has 0 spiro atoms. The second-order valence-electron chi connectivity index (χ2n) is 6.79. The molecule has 1 amide bonds. The maximum absolute atomic E-state index is 13.4. The van der Waals surface area contributed by atoms with Gasteiger partial charge in [0.1, 0.15) is 11.3 Å². The molecule has 0 saturated carbocycles. The van der Waals surface area contributed by atoms with Crippen LogP contribution in [-0.4, -0.2) is 52.6 Å². The molecule has 4 rings (SSSR count). The summed E-state index contributed by atoms with van der Waals surface area (Å²) < 4.78 is 15.2. The Balaban J connectivity index is 1.59. The molecule has 1 aromatic carbocycles. The van der Waals surface area contributed by atoms with Crippen molar-refractivity contribution in [3.8, 4) is 0 Å². The molecular formula is C19H20FN5O. The van der Waals surface area contributed by atoms with E-state index in [1.54, 1.807) is 23.2 Å². The van der Waals surface area contributed by atoms with Crippen molar-refractivity contribution in [2.75, 3.05) is 32.1 Å². The molecule has 0 bridgehead atoms. The third-order valence-electron chi connectivity index (χ3n) is 4.78. The molecule has 1 saturated heterocycles. The molecule has 6 nitrogen and oxygen atoms in total. The summed E-state index contributed by atoms with van der Waals surface area (Å²) in [5, 5.41) is 4.33. The Bertz CT molecular complexity index is 967. The monoisotopic (exact) mass is 353 g/mol. The van der Waals surface area contributed by atoms with Crippen molar-refractivity contribution in [2.24, 2.45) is 0 Å². The quantitative estimate of drug-likeness (QED) is 0.726. The number of halogens is 1. The number of hydrogen-bond donors (Lipinski definition) is 0. The normalized spacial score (nSPS) is 17.0. The van der Waals surface area contributed by atoms with Crippen LogP contribution < -0.4 is 4.90 Å². The van der Waals surface area contributed by atoms with Crippen molar-refractivity contribution in [3.63, 3.8) is 0 Å². The lowest BCUT2D eigenvalue weighted by molar-refractivity contribution is 0.0790. The summed E-state index contributed by atoms with van der Waals surface area (Å²) in [4.78, 5) is 21.2. The van der Waals surface area contributed by atoms with Gasteiger partial charge in [0.05, 0.1) is 18.1 Å².